The Labute approximate surface area is 179 Å². The molecule has 0 saturated heterocycles. The van der Waals surface area contributed by atoms with Gasteiger partial charge in [0, 0.05) is 11.2 Å². The molecular weight excluding hydrogens is 406 g/mol. The largest absolute Gasteiger partial charge is 0.486 e. The third-order valence-corrected chi connectivity index (χ3v) is 4.83. The highest BCUT2D eigenvalue weighted by molar-refractivity contribution is 6.30. The number of halogens is 1. The average Bonchev–Trinajstić information content (AvgIpc) is 3.16. The Bertz CT molecular complexity index is 1030. The second-order valence-corrected chi connectivity index (χ2v) is 7.91. The fraction of sp³-hybridized carbons (Fsp3) is 0.273. The predicted molar refractivity (Wildman–Crippen MR) is 113 cm³/mol. The van der Waals surface area contributed by atoms with Gasteiger partial charge in [-0.1, -0.05) is 23.7 Å². The van der Waals surface area contributed by atoms with Crippen LogP contribution in [0.3, 0.4) is 0 Å². The Kier molecular flexibility index (Phi) is 5.55. The van der Waals surface area contributed by atoms with Gasteiger partial charge in [-0.15, -0.1) is 0 Å². The molecule has 2 aromatic carbocycles. The van der Waals surface area contributed by atoms with Crippen molar-refractivity contribution in [2.24, 2.45) is 0 Å². The molecule has 1 aliphatic heterocycles. The average molecular weight is 428 g/mol. The minimum Gasteiger partial charge on any atom is -0.486 e. The Morgan fingerprint density at radius 2 is 1.97 bits per heavy atom. The van der Waals surface area contributed by atoms with Crippen molar-refractivity contribution < 1.29 is 19.0 Å². The molecule has 0 fully saturated rings. The van der Waals surface area contributed by atoms with Crippen molar-refractivity contribution in [1.29, 1.82) is 0 Å². The van der Waals surface area contributed by atoms with Crippen molar-refractivity contribution >= 4 is 23.2 Å². The standard InChI is InChI=1S/C22H22ClN3O4/c1-22(2,30-17-9-7-15(23)8-10-17)21(27)25-16-11-24-26(12-16)13-18-14-28-19-5-3-4-6-20(19)29-18/h3-12,18H,13-14H2,1-2H3,(H,25,27). The van der Waals surface area contributed by atoms with E-state index in [1.165, 1.54) is 0 Å². The highest BCUT2D eigenvalue weighted by Gasteiger charge is 2.30. The van der Waals surface area contributed by atoms with Gasteiger partial charge in [0.05, 0.1) is 18.4 Å². The number of para-hydroxylation sites is 2. The van der Waals surface area contributed by atoms with E-state index in [9.17, 15) is 4.79 Å². The number of amides is 1. The molecule has 0 saturated carbocycles. The van der Waals surface area contributed by atoms with Crippen LogP contribution in [0, 0.1) is 0 Å². The van der Waals surface area contributed by atoms with Gasteiger partial charge in [0.25, 0.3) is 5.91 Å². The summed E-state index contributed by atoms with van der Waals surface area (Å²) >= 11 is 5.89. The zero-order valence-corrected chi connectivity index (χ0v) is 17.4. The molecule has 1 unspecified atom stereocenters. The number of nitrogens with zero attached hydrogens (tertiary/aromatic N) is 2. The van der Waals surface area contributed by atoms with Crippen molar-refractivity contribution in [2.75, 3.05) is 11.9 Å². The zero-order chi connectivity index (χ0) is 21.1. The van der Waals surface area contributed by atoms with Gasteiger partial charge in [-0.25, -0.2) is 0 Å². The molecule has 7 nitrogen and oxygen atoms in total. The molecule has 8 heteroatoms. The third-order valence-electron chi connectivity index (χ3n) is 4.58. The third kappa shape index (κ3) is 4.68. The lowest BCUT2D eigenvalue weighted by molar-refractivity contribution is -0.128. The first kappa shape index (κ1) is 20.1. The number of fused-ring (bicyclic) bond motifs is 1. The Hall–Kier alpha value is -3.19. The maximum absolute atomic E-state index is 12.7. The summed E-state index contributed by atoms with van der Waals surface area (Å²) in [5, 5.41) is 7.75. The topological polar surface area (TPSA) is 74.6 Å². The molecule has 2 heterocycles. The minimum absolute atomic E-state index is 0.173. The van der Waals surface area contributed by atoms with Crippen LogP contribution in [0.5, 0.6) is 17.2 Å². The van der Waals surface area contributed by atoms with E-state index in [0.717, 1.165) is 11.5 Å². The van der Waals surface area contributed by atoms with E-state index in [4.69, 9.17) is 25.8 Å². The summed E-state index contributed by atoms with van der Waals surface area (Å²) in [5.74, 6) is 1.73. The van der Waals surface area contributed by atoms with Crippen LogP contribution in [-0.4, -0.2) is 34.0 Å². The molecule has 0 spiro atoms. The van der Waals surface area contributed by atoms with Crippen LogP contribution in [-0.2, 0) is 11.3 Å². The van der Waals surface area contributed by atoms with Crippen molar-refractivity contribution in [3.8, 4) is 17.2 Å². The summed E-state index contributed by atoms with van der Waals surface area (Å²) in [4.78, 5) is 12.7. The first-order valence-electron chi connectivity index (χ1n) is 9.56. The Morgan fingerprint density at radius 1 is 1.23 bits per heavy atom. The summed E-state index contributed by atoms with van der Waals surface area (Å²) in [6, 6.07) is 14.4. The number of benzene rings is 2. The van der Waals surface area contributed by atoms with Crippen LogP contribution in [0.1, 0.15) is 13.8 Å². The summed E-state index contributed by atoms with van der Waals surface area (Å²) < 4.78 is 19.2. The van der Waals surface area contributed by atoms with Gasteiger partial charge in [-0.3, -0.25) is 9.48 Å². The lowest BCUT2D eigenvalue weighted by atomic mass is 10.1. The summed E-state index contributed by atoms with van der Waals surface area (Å²) in [6.07, 6.45) is 3.17. The molecule has 1 aliphatic rings. The molecule has 1 N–H and O–H groups in total. The number of hydrogen-bond acceptors (Lipinski definition) is 5. The summed E-state index contributed by atoms with van der Waals surface area (Å²) in [5.41, 5.74) is -0.509. The molecule has 0 bridgehead atoms. The van der Waals surface area contributed by atoms with Crippen molar-refractivity contribution in [2.45, 2.75) is 32.1 Å². The van der Waals surface area contributed by atoms with E-state index in [1.807, 2.05) is 24.3 Å². The number of carbonyl (C=O) groups excluding carboxylic acids is 1. The first-order chi connectivity index (χ1) is 14.4. The second kappa shape index (κ2) is 8.28. The van der Waals surface area contributed by atoms with Gasteiger partial charge in [0.15, 0.2) is 23.2 Å². The maximum Gasteiger partial charge on any atom is 0.268 e. The minimum atomic E-state index is -1.08. The van der Waals surface area contributed by atoms with Crippen molar-refractivity contribution in [3.63, 3.8) is 0 Å². The van der Waals surface area contributed by atoms with Gasteiger partial charge in [-0.05, 0) is 50.2 Å². The zero-order valence-electron chi connectivity index (χ0n) is 16.7. The SMILES string of the molecule is CC(C)(Oc1ccc(Cl)cc1)C(=O)Nc1cnn(CC2COc3ccccc3O2)c1. The summed E-state index contributed by atoms with van der Waals surface area (Å²) in [6.45, 7) is 4.33. The van der Waals surface area contributed by atoms with Crippen LogP contribution in [0.15, 0.2) is 60.9 Å². The molecule has 30 heavy (non-hydrogen) atoms. The van der Waals surface area contributed by atoms with Crippen molar-refractivity contribution in [3.05, 3.63) is 65.9 Å². The van der Waals surface area contributed by atoms with Crippen LogP contribution < -0.4 is 19.5 Å². The van der Waals surface area contributed by atoms with E-state index >= 15 is 0 Å². The number of carbonyl (C=O) groups is 1. The van der Waals surface area contributed by atoms with E-state index in [0.29, 0.717) is 29.6 Å². The van der Waals surface area contributed by atoms with Gasteiger partial charge in [-0.2, -0.15) is 5.10 Å². The van der Waals surface area contributed by atoms with E-state index in [-0.39, 0.29) is 12.0 Å². The predicted octanol–water partition coefficient (Wildman–Crippen LogP) is 4.17. The fourth-order valence-corrected chi connectivity index (χ4v) is 3.14. The second-order valence-electron chi connectivity index (χ2n) is 7.47. The summed E-state index contributed by atoms with van der Waals surface area (Å²) in [7, 11) is 0. The van der Waals surface area contributed by atoms with Crippen LogP contribution in [0.25, 0.3) is 0 Å². The van der Waals surface area contributed by atoms with Crippen LogP contribution in [0.2, 0.25) is 5.02 Å². The highest BCUT2D eigenvalue weighted by Crippen LogP contribution is 2.31. The number of aromatic nitrogens is 2. The number of ether oxygens (including phenoxy) is 3. The van der Waals surface area contributed by atoms with Crippen LogP contribution in [0.4, 0.5) is 5.69 Å². The molecular formula is C22H22ClN3O4. The van der Waals surface area contributed by atoms with E-state index in [2.05, 4.69) is 10.4 Å². The Morgan fingerprint density at radius 3 is 2.73 bits per heavy atom. The fourth-order valence-electron chi connectivity index (χ4n) is 3.01. The maximum atomic E-state index is 12.7. The first-order valence-corrected chi connectivity index (χ1v) is 9.94. The molecule has 1 atom stereocenters. The van der Waals surface area contributed by atoms with Crippen LogP contribution >= 0.6 is 11.6 Å². The number of hydrogen-bond donors (Lipinski definition) is 1. The highest BCUT2D eigenvalue weighted by atomic mass is 35.5. The number of rotatable bonds is 6. The normalized spacial score (nSPS) is 15.5. The van der Waals surface area contributed by atoms with Gasteiger partial charge in [0.2, 0.25) is 0 Å². The molecule has 4 rings (SSSR count). The lowest BCUT2D eigenvalue weighted by Crippen LogP contribution is -2.42. The van der Waals surface area contributed by atoms with Crippen molar-refractivity contribution in [1.82, 2.24) is 9.78 Å². The molecule has 3 aromatic rings. The van der Waals surface area contributed by atoms with Gasteiger partial charge in [0.1, 0.15) is 12.4 Å². The molecule has 1 amide bonds. The molecule has 0 aliphatic carbocycles. The number of anilines is 1. The molecule has 0 radical (unpaired) electrons. The number of nitrogens with one attached hydrogen (secondary N) is 1. The Balaban J connectivity index is 1.34. The smallest absolute Gasteiger partial charge is 0.268 e. The van der Waals surface area contributed by atoms with E-state index in [1.54, 1.807) is 55.2 Å². The lowest BCUT2D eigenvalue weighted by Gasteiger charge is -2.26. The molecule has 156 valence electrons. The van der Waals surface area contributed by atoms with Gasteiger partial charge < -0.3 is 19.5 Å². The molecule has 1 aromatic heterocycles. The van der Waals surface area contributed by atoms with Gasteiger partial charge >= 0.3 is 0 Å². The monoisotopic (exact) mass is 427 g/mol. The van der Waals surface area contributed by atoms with E-state index < -0.39 is 5.60 Å². The quantitative estimate of drug-likeness (QED) is 0.639.